The minimum atomic E-state index is 0.339. The number of hydrogen-bond acceptors (Lipinski definition) is 1. The highest BCUT2D eigenvalue weighted by atomic mass is 16.1. The molecule has 1 aliphatic rings. The third-order valence-electron chi connectivity index (χ3n) is 2.74. The first kappa shape index (κ1) is 8.49. The molecule has 0 atom stereocenters. The number of carbonyl (C=O) groups is 1. The minimum Gasteiger partial charge on any atom is -0.294 e. The van der Waals surface area contributed by atoms with Gasteiger partial charge < -0.3 is 0 Å². The molecule has 0 fully saturated rings. The Morgan fingerprint density at radius 1 is 1.15 bits per heavy atom. The summed E-state index contributed by atoms with van der Waals surface area (Å²) >= 11 is 0. The van der Waals surface area contributed by atoms with Gasteiger partial charge in [0.2, 0.25) is 0 Å². The number of ketones is 1. The molecule has 2 rings (SSSR count). The summed E-state index contributed by atoms with van der Waals surface area (Å²) in [6, 6.07) is 6.17. The molecular formula is C12H14O. The Morgan fingerprint density at radius 2 is 1.92 bits per heavy atom. The first-order chi connectivity index (χ1) is 6.29. The van der Waals surface area contributed by atoms with Gasteiger partial charge in [0.05, 0.1) is 0 Å². The van der Waals surface area contributed by atoms with E-state index in [9.17, 15) is 4.79 Å². The van der Waals surface area contributed by atoms with Crippen molar-refractivity contribution in [3.05, 3.63) is 34.9 Å². The summed E-state index contributed by atoms with van der Waals surface area (Å²) in [5, 5.41) is 0. The van der Waals surface area contributed by atoms with Crippen molar-refractivity contribution < 1.29 is 4.79 Å². The second-order valence-electron chi connectivity index (χ2n) is 3.74. The molecule has 0 saturated heterocycles. The van der Waals surface area contributed by atoms with Crippen molar-refractivity contribution in [1.82, 2.24) is 0 Å². The van der Waals surface area contributed by atoms with E-state index in [0.29, 0.717) is 5.78 Å². The number of rotatable bonds is 0. The van der Waals surface area contributed by atoms with Crippen LogP contribution in [-0.2, 0) is 6.42 Å². The molecule has 1 aromatic carbocycles. The van der Waals surface area contributed by atoms with E-state index in [1.165, 1.54) is 5.56 Å². The van der Waals surface area contributed by atoms with Gasteiger partial charge in [-0.1, -0.05) is 18.2 Å². The van der Waals surface area contributed by atoms with Crippen LogP contribution in [0.15, 0.2) is 18.2 Å². The lowest BCUT2D eigenvalue weighted by Crippen LogP contribution is -2.02. The van der Waals surface area contributed by atoms with Crippen LogP contribution in [0.3, 0.4) is 0 Å². The van der Waals surface area contributed by atoms with Gasteiger partial charge in [0, 0.05) is 12.0 Å². The lowest BCUT2D eigenvalue weighted by molar-refractivity contribution is 0.0981. The number of aryl methyl sites for hydroxylation is 2. The van der Waals surface area contributed by atoms with Crippen molar-refractivity contribution in [3.63, 3.8) is 0 Å². The van der Waals surface area contributed by atoms with E-state index in [4.69, 9.17) is 0 Å². The van der Waals surface area contributed by atoms with E-state index in [1.807, 2.05) is 19.1 Å². The highest BCUT2D eigenvalue weighted by Crippen LogP contribution is 2.23. The molecule has 0 N–H and O–H groups in total. The van der Waals surface area contributed by atoms with E-state index >= 15 is 0 Å². The second kappa shape index (κ2) is 3.33. The molecule has 0 aromatic heterocycles. The Balaban J connectivity index is 2.55. The van der Waals surface area contributed by atoms with Crippen molar-refractivity contribution in [2.24, 2.45) is 0 Å². The lowest BCUT2D eigenvalue weighted by Gasteiger charge is -2.06. The average molecular weight is 174 g/mol. The summed E-state index contributed by atoms with van der Waals surface area (Å²) in [4.78, 5) is 11.7. The summed E-state index contributed by atoms with van der Waals surface area (Å²) in [5.74, 6) is 0.339. The predicted molar refractivity (Wildman–Crippen MR) is 53.1 cm³/mol. The van der Waals surface area contributed by atoms with Gasteiger partial charge in [-0.25, -0.2) is 0 Å². The normalized spacial score (nSPS) is 16.5. The third kappa shape index (κ3) is 1.51. The smallest absolute Gasteiger partial charge is 0.163 e. The van der Waals surface area contributed by atoms with Gasteiger partial charge in [-0.3, -0.25) is 4.79 Å². The number of Topliss-reactive ketones (excluding diaryl/α,β-unsaturated/α-hetero) is 1. The van der Waals surface area contributed by atoms with E-state index in [1.54, 1.807) is 0 Å². The number of carbonyl (C=O) groups excluding carboxylic acids is 1. The maximum atomic E-state index is 11.7. The maximum absolute atomic E-state index is 11.7. The number of benzene rings is 1. The summed E-state index contributed by atoms with van der Waals surface area (Å²) in [6.45, 7) is 2.03. The Bertz CT molecular complexity index is 339. The van der Waals surface area contributed by atoms with Crippen LogP contribution in [0.25, 0.3) is 0 Å². The van der Waals surface area contributed by atoms with Crippen LogP contribution in [-0.4, -0.2) is 5.78 Å². The van der Waals surface area contributed by atoms with Crippen molar-refractivity contribution >= 4 is 5.78 Å². The van der Waals surface area contributed by atoms with Crippen LogP contribution in [0, 0.1) is 6.92 Å². The van der Waals surface area contributed by atoms with Gasteiger partial charge in [-0.2, -0.15) is 0 Å². The third-order valence-corrected chi connectivity index (χ3v) is 2.74. The summed E-state index contributed by atoms with van der Waals surface area (Å²) in [7, 11) is 0. The first-order valence-electron chi connectivity index (χ1n) is 4.91. The fourth-order valence-corrected chi connectivity index (χ4v) is 2.06. The van der Waals surface area contributed by atoms with E-state index in [0.717, 1.165) is 36.8 Å². The molecule has 0 radical (unpaired) electrons. The first-order valence-corrected chi connectivity index (χ1v) is 4.91. The number of hydrogen-bond donors (Lipinski definition) is 0. The highest BCUT2D eigenvalue weighted by Gasteiger charge is 2.16. The summed E-state index contributed by atoms with van der Waals surface area (Å²) in [5.41, 5.74) is 3.40. The van der Waals surface area contributed by atoms with Crippen molar-refractivity contribution in [2.75, 3.05) is 0 Å². The quantitative estimate of drug-likeness (QED) is 0.553. The molecule has 13 heavy (non-hydrogen) atoms. The second-order valence-corrected chi connectivity index (χ2v) is 3.74. The fraction of sp³-hybridized carbons (Fsp3) is 0.417. The molecule has 0 saturated carbocycles. The van der Waals surface area contributed by atoms with Crippen LogP contribution >= 0.6 is 0 Å². The lowest BCUT2D eigenvalue weighted by atomic mass is 9.97. The Kier molecular flexibility index (Phi) is 2.17. The SMILES string of the molecule is Cc1cccc2c1C(=O)CCCC2. The van der Waals surface area contributed by atoms with Crippen LogP contribution < -0.4 is 0 Å². The molecule has 0 heterocycles. The van der Waals surface area contributed by atoms with Gasteiger partial charge in [0.1, 0.15) is 0 Å². The predicted octanol–water partition coefficient (Wildman–Crippen LogP) is 2.90. The molecule has 1 heteroatoms. The van der Waals surface area contributed by atoms with Crippen LogP contribution in [0.5, 0.6) is 0 Å². The molecular weight excluding hydrogens is 160 g/mol. The standard InChI is InChI=1S/C12H14O/c1-9-5-4-7-10-6-2-3-8-11(13)12(9)10/h4-5,7H,2-3,6,8H2,1H3. The van der Waals surface area contributed by atoms with E-state index in [-0.39, 0.29) is 0 Å². The molecule has 0 aliphatic heterocycles. The van der Waals surface area contributed by atoms with Gasteiger partial charge in [-0.05, 0) is 37.3 Å². The Morgan fingerprint density at radius 3 is 2.77 bits per heavy atom. The molecule has 0 bridgehead atoms. The van der Waals surface area contributed by atoms with Gasteiger partial charge in [-0.15, -0.1) is 0 Å². The fourth-order valence-electron chi connectivity index (χ4n) is 2.06. The maximum Gasteiger partial charge on any atom is 0.163 e. The van der Waals surface area contributed by atoms with Gasteiger partial charge >= 0.3 is 0 Å². The molecule has 1 nitrogen and oxygen atoms in total. The zero-order valence-electron chi connectivity index (χ0n) is 7.97. The van der Waals surface area contributed by atoms with E-state index in [2.05, 4.69) is 6.07 Å². The Labute approximate surface area is 78.8 Å². The highest BCUT2D eigenvalue weighted by molar-refractivity contribution is 5.99. The molecule has 0 unspecified atom stereocenters. The molecule has 68 valence electrons. The summed E-state index contributed by atoms with van der Waals surface area (Å²) in [6.07, 6.45) is 4.01. The van der Waals surface area contributed by atoms with Gasteiger partial charge in [0.25, 0.3) is 0 Å². The number of fused-ring (bicyclic) bond motifs is 1. The van der Waals surface area contributed by atoms with Crippen LogP contribution in [0.2, 0.25) is 0 Å². The largest absolute Gasteiger partial charge is 0.294 e. The van der Waals surface area contributed by atoms with Crippen molar-refractivity contribution in [1.29, 1.82) is 0 Å². The van der Waals surface area contributed by atoms with Crippen LogP contribution in [0.4, 0.5) is 0 Å². The zero-order valence-corrected chi connectivity index (χ0v) is 7.97. The zero-order chi connectivity index (χ0) is 9.26. The summed E-state index contributed by atoms with van der Waals surface area (Å²) < 4.78 is 0. The Hall–Kier alpha value is -1.11. The van der Waals surface area contributed by atoms with Crippen molar-refractivity contribution in [3.8, 4) is 0 Å². The molecule has 0 amide bonds. The van der Waals surface area contributed by atoms with Crippen LogP contribution in [0.1, 0.15) is 40.7 Å². The van der Waals surface area contributed by atoms with Gasteiger partial charge in [0.15, 0.2) is 5.78 Å². The average Bonchev–Trinajstić information content (AvgIpc) is 2.29. The minimum absolute atomic E-state index is 0.339. The monoisotopic (exact) mass is 174 g/mol. The van der Waals surface area contributed by atoms with E-state index < -0.39 is 0 Å². The topological polar surface area (TPSA) is 17.1 Å². The molecule has 1 aliphatic carbocycles. The molecule has 1 aromatic rings. The van der Waals surface area contributed by atoms with Crippen molar-refractivity contribution in [2.45, 2.75) is 32.6 Å². The molecule has 0 spiro atoms.